The lowest BCUT2D eigenvalue weighted by Crippen LogP contribution is -2.09. The van der Waals surface area contributed by atoms with Crippen LogP contribution in [0.4, 0.5) is 0 Å². The molecule has 1 heterocycles. The molecule has 29 heavy (non-hydrogen) atoms. The molecule has 0 amide bonds. The quantitative estimate of drug-likeness (QED) is 0.396. The van der Waals surface area contributed by atoms with Crippen LogP contribution in [0.1, 0.15) is 25.3 Å². The molecule has 0 radical (unpaired) electrons. The fourth-order valence-electron chi connectivity index (χ4n) is 3.47. The van der Waals surface area contributed by atoms with Crippen LogP contribution in [0.15, 0.2) is 72.8 Å². The molecule has 0 fully saturated rings. The van der Waals surface area contributed by atoms with Crippen molar-refractivity contribution in [3.8, 4) is 22.9 Å². The summed E-state index contributed by atoms with van der Waals surface area (Å²) in [6, 6.07) is 24.6. The standard InChI is InChI=1S/C25H26N2O2/c1-18(2)19-8-14-22(15-9-19)29-17-16-27-24-7-5-4-6-23(24)26-25(27)20-10-12-21(28-3)13-11-20/h4-15,18H,16-17H2,1-3H3. The van der Waals surface area contributed by atoms with E-state index in [0.717, 1.165) is 33.9 Å². The van der Waals surface area contributed by atoms with Crippen LogP contribution in [-0.4, -0.2) is 23.3 Å². The molecule has 0 saturated heterocycles. The molecule has 0 N–H and O–H groups in total. The number of fused-ring (bicyclic) bond motifs is 1. The van der Waals surface area contributed by atoms with Gasteiger partial charge in [0.1, 0.15) is 23.9 Å². The van der Waals surface area contributed by atoms with Gasteiger partial charge in [-0.05, 0) is 60.0 Å². The van der Waals surface area contributed by atoms with Gasteiger partial charge in [-0.2, -0.15) is 0 Å². The molecule has 0 aliphatic rings. The topological polar surface area (TPSA) is 36.3 Å². The number of hydrogen-bond donors (Lipinski definition) is 0. The number of nitrogens with zero attached hydrogens (tertiary/aromatic N) is 2. The number of imidazole rings is 1. The van der Waals surface area contributed by atoms with Crippen molar-refractivity contribution in [2.24, 2.45) is 0 Å². The van der Waals surface area contributed by atoms with Crippen molar-refractivity contribution in [3.63, 3.8) is 0 Å². The van der Waals surface area contributed by atoms with Gasteiger partial charge in [-0.15, -0.1) is 0 Å². The number of methoxy groups -OCH3 is 1. The average Bonchev–Trinajstić information content (AvgIpc) is 3.13. The zero-order valence-corrected chi connectivity index (χ0v) is 17.1. The summed E-state index contributed by atoms with van der Waals surface area (Å²) in [5.74, 6) is 3.19. The lowest BCUT2D eigenvalue weighted by Gasteiger charge is -2.12. The predicted octanol–water partition coefficient (Wildman–Crippen LogP) is 5.91. The monoisotopic (exact) mass is 386 g/mol. The van der Waals surface area contributed by atoms with Gasteiger partial charge in [-0.3, -0.25) is 0 Å². The summed E-state index contributed by atoms with van der Waals surface area (Å²) in [5, 5.41) is 0. The van der Waals surface area contributed by atoms with Crippen molar-refractivity contribution in [1.82, 2.24) is 9.55 Å². The fraction of sp³-hybridized carbons (Fsp3) is 0.240. The van der Waals surface area contributed by atoms with Crippen molar-refractivity contribution < 1.29 is 9.47 Å². The zero-order valence-electron chi connectivity index (χ0n) is 17.1. The molecule has 1 aromatic heterocycles. The first-order valence-corrected chi connectivity index (χ1v) is 9.98. The Balaban J connectivity index is 1.57. The van der Waals surface area contributed by atoms with E-state index < -0.39 is 0 Å². The van der Waals surface area contributed by atoms with Crippen LogP contribution < -0.4 is 9.47 Å². The van der Waals surface area contributed by atoms with Gasteiger partial charge in [0.2, 0.25) is 0 Å². The normalized spacial score (nSPS) is 11.2. The first-order chi connectivity index (χ1) is 14.2. The van der Waals surface area contributed by atoms with Crippen molar-refractivity contribution in [2.45, 2.75) is 26.3 Å². The molecular weight excluding hydrogens is 360 g/mol. The van der Waals surface area contributed by atoms with Gasteiger partial charge >= 0.3 is 0 Å². The number of benzene rings is 3. The van der Waals surface area contributed by atoms with Crippen molar-refractivity contribution in [3.05, 3.63) is 78.4 Å². The molecule has 0 aliphatic heterocycles. The van der Waals surface area contributed by atoms with E-state index in [2.05, 4.69) is 36.6 Å². The largest absolute Gasteiger partial charge is 0.497 e. The molecule has 0 spiro atoms. The van der Waals surface area contributed by atoms with Gasteiger partial charge in [0.15, 0.2) is 0 Å². The van der Waals surface area contributed by atoms with E-state index >= 15 is 0 Å². The molecule has 3 aromatic carbocycles. The van der Waals surface area contributed by atoms with Crippen LogP contribution in [0.5, 0.6) is 11.5 Å². The fourth-order valence-corrected chi connectivity index (χ4v) is 3.47. The van der Waals surface area contributed by atoms with Crippen LogP contribution in [0.3, 0.4) is 0 Å². The third-order valence-electron chi connectivity index (χ3n) is 5.13. The summed E-state index contributed by atoms with van der Waals surface area (Å²) in [7, 11) is 1.68. The Morgan fingerprint density at radius 2 is 1.55 bits per heavy atom. The Hall–Kier alpha value is -3.27. The second kappa shape index (κ2) is 8.39. The minimum absolute atomic E-state index is 0.522. The molecule has 4 nitrogen and oxygen atoms in total. The average molecular weight is 386 g/mol. The maximum Gasteiger partial charge on any atom is 0.141 e. The summed E-state index contributed by atoms with van der Waals surface area (Å²) in [6.45, 7) is 5.68. The van der Waals surface area contributed by atoms with Crippen LogP contribution in [0.25, 0.3) is 22.4 Å². The number of ether oxygens (including phenoxy) is 2. The summed E-state index contributed by atoms with van der Waals surface area (Å²) < 4.78 is 13.5. The minimum atomic E-state index is 0.522. The zero-order chi connectivity index (χ0) is 20.2. The molecule has 0 aliphatic carbocycles. The molecule has 148 valence electrons. The molecule has 0 unspecified atom stereocenters. The predicted molar refractivity (Wildman–Crippen MR) is 118 cm³/mol. The highest BCUT2D eigenvalue weighted by Crippen LogP contribution is 2.26. The first-order valence-electron chi connectivity index (χ1n) is 9.98. The second-order valence-corrected chi connectivity index (χ2v) is 7.38. The highest BCUT2D eigenvalue weighted by atomic mass is 16.5. The van der Waals surface area contributed by atoms with Gasteiger partial charge in [0.05, 0.1) is 24.7 Å². The van der Waals surface area contributed by atoms with E-state index in [1.54, 1.807) is 7.11 Å². The Bertz CT molecular complexity index is 1080. The van der Waals surface area contributed by atoms with Gasteiger partial charge in [-0.25, -0.2) is 4.98 Å². The minimum Gasteiger partial charge on any atom is -0.497 e. The van der Waals surface area contributed by atoms with E-state index in [0.29, 0.717) is 19.1 Å². The molecule has 0 saturated carbocycles. The smallest absolute Gasteiger partial charge is 0.141 e. The van der Waals surface area contributed by atoms with E-state index in [-0.39, 0.29) is 0 Å². The van der Waals surface area contributed by atoms with Gasteiger partial charge in [-0.1, -0.05) is 38.1 Å². The van der Waals surface area contributed by atoms with Gasteiger partial charge in [0, 0.05) is 5.56 Å². The molecule has 4 rings (SSSR count). The van der Waals surface area contributed by atoms with Crippen molar-refractivity contribution in [1.29, 1.82) is 0 Å². The number of rotatable bonds is 7. The van der Waals surface area contributed by atoms with E-state index in [9.17, 15) is 0 Å². The number of para-hydroxylation sites is 2. The Labute approximate surface area is 171 Å². The summed E-state index contributed by atoms with van der Waals surface area (Å²) in [4.78, 5) is 4.86. The maximum absolute atomic E-state index is 6.02. The molecule has 4 aromatic rings. The van der Waals surface area contributed by atoms with E-state index in [1.165, 1.54) is 5.56 Å². The molecule has 0 atom stereocenters. The van der Waals surface area contributed by atoms with Gasteiger partial charge < -0.3 is 14.0 Å². The number of hydrogen-bond acceptors (Lipinski definition) is 3. The summed E-state index contributed by atoms with van der Waals surface area (Å²) in [5.41, 5.74) is 4.47. The van der Waals surface area contributed by atoms with Crippen molar-refractivity contribution >= 4 is 11.0 Å². The molecular formula is C25H26N2O2. The summed E-state index contributed by atoms with van der Waals surface area (Å²) in [6.07, 6.45) is 0. The third-order valence-corrected chi connectivity index (χ3v) is 5.13. The lowest BCUT2D eigenvalue weighted by atomic mass is 10.0. The Morgan fingerprint density at radius 3 is 2.24 bits per heavy atom. The SMILES string of the molecule is COc1ccc(-c2nc3ccccc3n2CCOc2ccc(C(C)C)cc2)cc1. The lowest BCUT2D eigenvalue weighted by molar-refractivity contribution is 0.300. The van der Waals surface area contributed by atoms with Crippen molar-refractivity contribution in [2.75, 3.05) is 13.7 Å². The highest BCUT2D eigenvalue weighted by Gasteiger charge is 2.12. The van der Waals surface area contributed by atoms with Crippen LogP contribution >= 0.6 is 0 Å². The van der Waals surface area contributed by atoms with Crippen LogP contribution in [0.2, 0.25) is 0 Å². The maximum atomic E-state index is 6.02. The third kappa shape index (κ3) is 4.11. The summed E-state index contributed by atoms with van der Waals surface area (Å²) >= 11 is 0. The van der Waals surface area contributed by atoms with Crippen LogP contribution in [-0.2, 0) is 6.54 Å². The first kappa shape index (κ1) is 19.1. The van der Waals surface area contributed by atoms with E-state index in [4.69, 9.17) is 14.5 Å². The Morgan fingerprint density at radius 1 is 0.862 bits per heavy atom. The molecule has 4 heteroatoms. The Kier molecular flexibility index (Phi) is 5.52. The van der Waals surface area contributed by atoms with E-state index in [1.807, 2.05) is 54.6 Å². The second-order valence-electron chi connectivity index (χ2n) is 7.38. The van der Waals surface area contributed by atoms with Crippen LogP contribution in [0, 0.1) is 0 Å². The highest BCUT2D eigenvalue weighted by molar-refractivity contribution is 5.80. The number of aromatic nitrogens is 2. The van der Waals surface area contributed by atoms with Gasteiger partial charge in [0.25, 0.3) is 0 Å². The molecule has 0 bridgehead atoms.